The van der Waals surface area contributed by atoms with Crippen LogP contribution in [0.25, 0.3) is 0 Å². The predicted molar refractivity (Wildman–Crippen MR) is 107 cm³/mol. The van der Waals surface area contributed by atoms with E-state index in [0.717, 1.165) is 31.8 Å². The van der Waals surface area contributed by atoms with E-state index in [0.29, 0.717) is 12.5 Å². The molecule has 0 fully saturated rings. The summed E-state index contributed by atoms with van der Waals surface area (Å²) in [4.78, 5) is 16.1. The molecule has 0 aromatic carbocycles. The van der Waals surface area contributed by atoms with Crippen LogP contribution in [0.1, 0.15) is 19.1 Å². The Morgan fingerprint density at radius 3 is 2.88 bits per heavy atom. The molecule has 2 aromatic rings. The molecule has 0 radical (unpaired) electrons. The van der Waals surface area contributed by atoms with E-state index in [-0.39, 0.29) is 36.4 Å². The van der Waals surface area contributed by atoms with Crippen LogP contribution in [0.15, 0.2) is 46.3 Å². The number of carbonyl (C=O) groups excluding carboxylic acids is 1. The average molecular weight is 460 g/mol. The summed E-state index contributed by atoms with van der Waals surface area (Å²) in [5.74, 6) is 1.20. The standard InChI is InChI=1S/C16H24N6O2.HI/c1-2-17-16(18-7-4-9-22-10-5-8-21-22)20-13-15(23)19-12-14-6-3-11-24-14;/h3,5-6,8,10-11H,2,4,7,9,12-13H2,1H3,(H,19,23)(H2,17,18,20);1H. The molecule has 8 nitrogen and oxygen atoms in total. The lowest BCUT2D eigenvalue weighted by Gasteiger charge is -2.11. The average Bonchev–Trinajstić information content (AvgIpc) is 3.28. The normalized spacial score (nSPS) is 10.8. The third-order valence-electron chi connectivity index (χ3n) is 3.18. The summed E-state index contributed by atoms with van der Waals surface area (Å²) in [7, 11) is 0. The second-order valence-corrected chi connectivity index (χ2v) is 5.10. The minimum Gasteiger partial charge on any atom is -0.467 e. The van der Waals surface area contributed by atoms with Crippen molar-refractivity contribution in [2.45, 2.75) is 26.4 Å². The predicted octanol–water partition coefficient (Wildman–Crippen LogP) is 1.36. The summed E-state index contributed by atoms with van der Waals surface area (Å²) >= 11 is 0. The van der Waals surface area contributed by atoms with Gasteiger partial charge in [0.25, 0.3) is 0 Å². The number of aromatic nitrogens is 2. The molecule has 0 aliphatic carbocycles. The van der Waals surface area contributed by atoms with Gasteiger partial charge in [-0.1, -0.05) is 0 Å². The van der Waals surface area contributed by atoms with Crippen LogP contribution in [0.5, 0.6) is 0 Å². The molecule has 0 unspecified atom stereocenters. The molecule has 2 heterocycles. The Bertz CT molecular complexity index is 613. The fraction of sp³-hybridized carbons (Fsp3) is 0.438. The first kappa shape index (κ1) is 21.0. The van der Waals surface area contributed by atoms with Crippen LogP contribution in [0, 0.1) is 0 Å². The fourth-order valence-corrected chi connectivity index (χ4v) is 2.03. The van der Waals surface area contributed by atoms with E-state index >= 15 is 0 Å². The first-order chi connectivity index (χ1) is 11.8. The fourth-order valence-electron chi connectivity index (χ4n) is 2.03. The van der Waals surface area contributed by atoms with Crippen LogP contribution in [0.3, 0.4) is 0 Å². The Balaban J connectivity index is 0.00000312. The van der Waals surface area contributed by atoms with Crippen molar-refractivity contribution < 1.29 is 9.21 Å². The molecule has 0 spiro atoms. The molecule has 1 amide bonds. The molecule has 0 saturated carbocycles. The monoisotopic (exact) mass is 460 g/mol. The maximum Gasteiger partial charge on any atom is 0.242 e. The third kappa shape index (κ3) is 8.57. The number of hydrogen-bond donors (Lipinski definition) is 3. The highest BCUT2D eigenvalue weighted by Gasteiger charge is 2.03. The highest BCUT2D eigenvalue weighted by molar-refractivity contribution is 14.0. The van der Waals surface area contributed by atoms with Gasteiger partial charge in [-0.15, -0.1) is 24.0 Å². The van der Waals surface area contributed by atoms with Crippen LogP contribution in [0.2, 0.25) is 0 Å². The van der Waals surface area contributed by atoms with Crippen molar-refractivity contribution in [3.8, 4) is 0 Å². The van der Waals surface area contributed by atoms with E-state index in [2.05, 4.69) is 26.0 Å². The number of hydrogen-bond acceptors (Lipinski definition) is 4. The summed E-state index contributed by atoms with van der Waals surface area (Å²) in [6, 6.07) is 5.51. The van der Waals surface area contributed by atoms with Gasteiger partial charge in [0.2, 0.25) is 5.91 Å². The zero-order valence-electron chi connectivity index (χ0n) is 14.3. The molecule has 2 aromatic heterocycles. The molecule has 0 aliphatic rings. The highest BCUT2D eigenvalue weighted by atomic mass is 127. The van der Waals surface area contributed by atoms with Gasteiger partial charge in [-0.25, -0.2) is 4.99 Å². The quantitative estimate of drug-likeness (QED) is 0.227. The van der Waals surface area contributed by atoms with E-state index in [1.54, 1.807) is 18.5 Å². The maximum absolute atomic E-state index is 11.8. The largest absolute Gasteiger partial charge is 0.467 e. The first-order valence-corrected chi connectivity index (χ1v) is 8.06. The van der Waals surface area contributed by atoms with E-state index in [1.807, 2.05) is 29.9 Å². The van der Waals surface area contributed by atoms with Crippen LogP contribution >= 0.6 is 24.0 Å². The number of amides is 1. The first-order valence-electron chi connectivity index (χ1n) is 8.06. The van der Waals surface area contributed by atoms with E-state index in [1.165, 1.54) is 0 Å². The lowest BCUT2D eigenvalue weighted by atomic mass is 10.4. The van der Waals surface area contributed by atoms with Crippen molar-refractivity contribution in [1.29, 1.82) is 0 Å². The molecule has 0 bridgehead atoms. The summed E-state index contributed by atoms with van der Waals surface area (Å²) in [6.07, 6.45) is 6.19. The van der Waals surface area contributed by atoms with Gasteiger partial charge in [-0.3, -0.25) is 9.48 Å². The topological polar surface area (TPSA) is 96.5 Å². The zero-order valence-corrected chi connectivity index (χ0v) is 16.6. The molecule has 138 valence electrons. The maximum atomic E-state index is 11.8. The molecule has 0 atom stereocenters. The minimum atomic E-state index is -0.153. The van der Waals surface area contributed by atoms with Crippen molar-refractivity contribution >= 4 is 35.8 Å². The molecule has 0 aliphatic heterocycles. The van der Waals surface area contributed by atoms with Crippen molar-refractivity contribution in [2.75, 3.05) is 19.6 Å². The number of rotatable bonds is 9. The highest BCUT2D eigenvalue weighted by Crippen LogP contribution is 1.98. The number of guanidine groups is 1. The lowest BCUT2D eigenvalue weighted by molar-refractivity contribution is -0.119. The summed E-state index contributed by atoms with van der Waals surface area (Å²) in [5.41, 5.74) is 0. The van der Waals surface area contributed by atoms with Gasteiger partial charge in [-0.05, 0) is 31.5 Å². The van der Waals surface area contributed by atoms with Crippen LogP contribution in [0.4, 0.5) is 0 Å². The molecule has 2 rings (SSSR count). The Kier molecular flexibility index (Phi) is 10.4. The van der Waals surface area contributed by atoms with Gasteiger partial charge in [-0.2, -0.15) is 5.10 Å². The molecule has 3 N–H and O–H groups in total. The van der Waals surface area contributed by atoms with Crippen molar-refractivity contribution in [3.05, 3.63) is 42.6 Å². The number of aliphatic imine (C=N–C) groups is 1. The number of nitrogens with zero attached hydrogens (tertiary/aromatic N) is 3. The lowest BCUT2D eigenvalue weighted by Crippen LogP contribution is -2.39. The molecule has 0 saturated heterocycles. The van der Waals surface area contributed by atoms with Crippen LogP contribution in [-0.2, 0) is 17.9 Å². The van der Waals surface area contributed by atoms with E-state index in [4.69, 9.17) is 4.42 Å². The van der Waals surface area contributed by atoms with E-state index < -0.39 is 0 Å². The summed E-state index contributed by atoms with van der Waals surface area (Å²) < 4.78 is 7.04. The Morgan fingerprint density at radius 1 is 1.32 bits per heavy atom. The van der Waals surface area contributed by atoms with Gasteiger partial charge in [0.15, 0.2) is 5.96 Å². The molecule has 25 heavy (non-hydrogen) atoms. The second kappa shape index (κ2) is 12.3. The van der Waals surface area contributed by atoms with Crippen molar-refractivity contribution in [3.63, 3.8) is 0 Å². The number of halogens is 1. The van der Waals surface area contributed by atoms with Gasteiger partial charge in [0, 0.05) is 32.0 Å². The Hall–Kier alpha value is -2.04. The van der Waals surface area contributed by atoms with Gasteiger partial charge in [0.05, 0.1) is 12.8 Å². The van der Waals surface area contributed by atoms with E-state index in [9.17, 15) is 4.79 Å². The zero-order chi connectivity index (χ0) is 17.0. The third-order valence-corrected chi connectivity index (χ3v) is 3.18. The van der Waals surface area contributed by atoms with Crippen LogP contribution < -0.4 is 16.0 Å². The van der Waals surface area contributed by atoms with Crippen molar-refractivity contribution in [2.24, 2.45) is 4.99 Å². The number of carbonyl (C=O) groups is 1. The number of furan rings is 1. The van der Waals surface area contributed by atoms with Gasteiger partial charge in [0.1, 0.15) is 12.3 Å². The SMILES string of the molecule is CCNC(=NCC(=O)NCc1ccco1)NCCCn1cccn1.I. The smallest absolute Gasteiger partial charge is 0.242 e. The number of nitrogens with one attached hydrogen (secondary N) is 3. The van der Waals surface area contributed by atoms with Crippen LogP contribution in [-0.4, -0.2) is 41.3 Å². The van der Waals surface area contributed by atoms with Gasteiger partial charge >= 0.3 is 0 Å². The van der Waals surface area contributed by atoms with Crippen molar-refractivity contribution in [1.82, 2.24) is 25.7 Å². The Morgan fingerprint density at radius 2 is 2.20 bits per heavy atom. The second-order valence-electron chi connectivity index (χ2n) is 5.10. The molecular formula is C16H25IN6O2. The molecular weight excluding hydrogens is 435 g/mol. The molecule has 9 heteroatoms. The summed E-state index contributed by atoms with van der Waals surface area (Å²) in [6.45, 7) is 4.74. The van der Waals surface area contributed by atoms with Gasteiger partial charge < -0.3 is 20.4 Å². The number of aryl methyl sites for hydroxylation is 1. The summed E-state index contributed by atoms with van der Waals surface area (Å²) in [5, 5.41) is 13.2. The Labute approximate surface area is 164 Å². The minimum absolute atomic E-state index is 0.